The van der Waals surface area contributed by atoms with Crippen molar-refractivity contribution in [3.8, 4) is 0 Å². The Labute approximate surface area is 205 Å². The van der Waals surface area contributed by atoms with Crippen molar-refractivity contribution in [3.05, 3.63) is 108 Å². The van der Waals surface area contributed by atoms with Gasteiger partial charge in [-0.2, -0.15) is 0 Å². The first-order chi connectivity index (χ1) is 16.9. The van der Waals surface area contributed by atoms with Crippen molar-refractivity contribution in [2.75, 3.05) is 12.5 Å². The van der Waals surface area contributed by atoms with E-state index in [-0.39, 0.29) is 29.9 Å². The zero-order valence-corrected chi connectivity index (χ0v) is 19.8. The molecule has 0 unspecified atom stereocenters. The van der Waals surface area contributed by atoms with E-state index in [1.807, 2.05) is 54.6 Å². The van der Waals surface area contributed by atoms with Crippen LogP contribution in [-0.2, 0) is 43.5 Å². The van der Waals surface area contributed by atoms with Gasteiger partial charge in [-0.3, -0.25) is 0 Å². The molecule has 2 saturated heterocycles. The average Bonchev–Trinajstić information content (AvgIpc) is 3.36. The van der Waals surface area contributed by atoms with Crippen molar-refractivity contribution in [3.63, 3.8) is 0 Å². The van der Waals surface area contributed by atoms with Crippen LogP contribution in [0.4, 0.5) is 0 Å². The van der Waals surface area contributed by atoms with Crippen molar-refractivity contribution in [2.24, 2.45) is 0 Å². The molecule has 2 fully saturated rings. The smallest absolute Gasteiger partial charge is 0.134 e. The summed E-state index contributed by atoms with van der Waals surface area (Å²) in [6.45, 7) is 1.91. The molecule has 2 heterocycles. The topological polar surface area (TPSA) is 46.2 Å². The summed E-state index contributed by atoms with van der Waals surface area (Å²) >= 11 is 1.67. The zero-order valence-electron chi connectivity index (χ0n) is 19.0. The lowest BCUT2D eigenvalue weighted by atomic mass is 9.99. The van der Waals surface area contributed by atoms with E-state index in [1.165, 1.54) is 0 Å². The van der Waals surface area contributed by atoms with E-state index in [9.17, 15) is 0 Å². The van der Waals surface area contributed by atoms with Gasteiger partial charge in [0.25, 0.3) is 0 Å². The van der Waals surface area contributed by atoms with Crippen molar-refractivity contribution in [1.29, 1.82) is 0 Å². The maximum atomic E-state index is 6.48. The highest BCUT2D eigenvalue weighted by Gasteiger charge is 2.50. The first kappa shape index (κ1) is 23.5. The minimum absolute atomic E-state index is 0.0947. The van der Waals surface area contributed by atoms with Gasteiger partial charge in [0.05, 0.1) is 32.4 Å². The fraction of sp³-hybridized carbons (Fsp3) is 0.357. The molecule has 3 aromatic rings. The standard InChI is InChI=1S/C28H30O5S/c1-4-10-21(11-5-1)16-29-19-24-25(30-17-22-12-6-2-7-13-22)26(27-28(33-24)34-20-32-27)31-18-23-14-8-3-9-15-23/h1-15,24-28H,16-20H2/t24-,25-,26+,27-,28-/m1/s1. The van der Waals surface area contributed by atoms with Crippen LogP contribution in [0, 0.1) is 0 Å². The third-order valence-electron chi connectivity index (χ3n) is 6.05. The quantitative estimate of drug-likeness (QED) is 0.400. The van der Waals surface area contributed by atoms with Gasteiger partial charge in [0.2, 0.25) is 0 Å². The van der Waals surface area contributed by atoms with E-state index in [2.05, 4.69) is 36.4 Å². The van der Waals surface area contributed by atoms with E-state index in [4.69, 9.17) is 23.7 Å². The number of benzene rings is 3. The fourth-order valence-electron chi connectivity index (χ4n) is 4.30. The molecule has 2 aliphatic rings. The largest absolute Gasteiger partial charge is 0.374 e. The van der Waals surface area contributed by atoms with Crippen molar-refractivity contribution in [1.82, 2.24) is 0 Å². The highest BCUT2D eigenvalue weighted by molar-refractivity contribution is 7.99. The first-order valence-electron chi connectivity index (χ1n) is 11.7. The maximum Gasteiger partial charge on any atom is 0.134 e. The Morgan fingerprint density at radius 1 is 0.676 bits per heavy atom. The molecule has 6 heteroatoms. The molecule has 178 valence electrons. The van der Waals surface area contributed by atoms with Crippen LogP contribution >= 0.6 is 11.8 Å². The molecule has 0 amide bonds. The summed E-state index contributed by atoms with van der Waals surface area (Å²) in [5.41, 5.74) is 3.27. The predicted molar refractivity (Wildman–Crippen MR) is 132 cm³/mol. The van der Waals surface area contributed by atoms with Crippen molar-refractivity contribution < 1.29 is 23.7 Å². The maximum absolute atomic E-state index is 6.48. The first-order valence-corrected chi connectivity index (χ1v) is 12.7. The molecule has 2 aliphatic heterocycles. The molecule has 34 heavy (non-hydrogen) atoms. The van der Waals surface area contributed by atoms with Gasteiger partial charge in [0.1, 0.15) is 29.9 Å². The fourth-order valence-corrected chi connectivity index (χ4v) is 5.31. The van der Waals surface area contributed by atoms with Crippen LogP contribution in [0.25, 0.3) is 0 Å². The molecule has 0 aromatic heterocycles. The highest BCUT2D eigenvalue weighted by atomic mass is 32.2. The van der Waals surface area contributed by atoms with Crippen molar-refractivity contribution in [2.45, 2.75) is 49.7 Å². The minimum atomic E-state index is -0.320. The van der Waals surface area contributed by atoms with Gasteiger partial charge in [-0.05, 0) is 16.7 Å². The van der Waals surface area contributed by atoms with E-state index in [0.717, 1.165) is 16.7 Å². The Bertz CT molecular complexity index is 987. The second kappa shape index (κ2) is 12.0. The van der Waals surface area contributed by atoms with Crippen LogP contribution in [0.2, 0.25) is 0 Å². The number of fused-ring (bicyclic) bond motifs is 1. The van der Waals surface area contributed by atoms with E-state index >= 15 is 0 Å². The van der Waals surface area contributed by atoms with Gasteiger partial charge in [-0.1, -0.05) is 103 Å². The van der Waals surface area contributed by atoms with Crippen LogP contribution < -0.4 is 0 Å². The van der Waals surface area contributed by atoms with Crippen LogP contribution in [0.5, 0.6) is 0 Å². The molecule has 0 N–H and O–H groups in total. The summed E-state index contributed by atoms with van der Waals surface area (Å²) in [5.74, 6) is 0.587. The van der Waals surface area contributed by atoms with Crippen LogP contribution in [0.3, 0.4) is 0 Å². The van der Waals surface area contributed by atoms with Gasteiger partial charge < -0.3 is 23.7 Å². The number of ether oxygens (including phenoxy) is 5. The molecule has 5 rings (SSSR count). The highest BCUT2D eigenvalue weighted by Crippen LogP contribution is 2.39. The minimum Gasteiger partial charge on any atom is -0.374 e. The molecule has 5 nitrogen and oxygen atoms in total. The monoisotopic (exact) mass is 478 g/mol. The number of thioether (sulfide) groups is 1. The molecule has 0 spiro atoms. The number of hydrogen-bond acceptors (Lipinski definition) is 6. The van der Waals surface area contributed by atoms with Gasteiger partial charge in [-0.15, -0.1) is 0 Å². The zero-order chi connectivity index (χ0) is 23.0. The van der Waals surface area contributed by atoms with Gasteiger partial charge in [-0.25, -0.2) is 0 Å². The second-order valence-electron chi connectivity index (χ2n) is 8.48. The average molecular weight is 479 g/mol. The molecule has 0 aliphatic carbocycles. The van der Waals surface area contributed by atoms with Crippen LogP contribution in [-0.4, -0.2) is 42.4 Å². The Kier molecular flexibility index (Phi) is 8.30. The lowest BCUT2D eigenvalue weighted by Gasteiger charge is -2.43. The summed E-state index contributed by atoms with van der Waals surface area (Å²) in [5, 5.41) is 0. The van der Waals surface area contributed by atoms with Gasteiger partial charge >= 0.3 is 0 Å². The van der Waals surface area contributed by atoms with E-state index in [0.29, 0.717) is 32.4 Å². The molecule has 0 bridgehead atoms. The SMILES string of the molecule is c1ccc(COC[C@H]2O[C@@H]3SCO[C@@H]3[C@@H](OCc3ccccc3)[C@@H]2OCc2ccccc2)cc1. The van der Waals surface area contributed by atoms with E-state index in [1.54, 1.807) is 11.8 Å². The molecular weight excluding hydrogens is 448 g/mol. The summed E-state index contributed by atoms with van der Waals surface area (Å²) in [6.07, 6.45) is -1.02. The Morgan fingerprint density at radius 3 is 1.79 bits per heavy atom. The summed E-state index contributed by atoms with van der Waals surface area (Å²) in [6, 6.07) is 30.6. The van der Waals surface area contributed by atoms with Crippen LogP contribution in [0.15, 0.2) is 91.0 Å². The summed E-state index contributed by atoms with van der Waals surface area (Å²) < 4.78 is 31.5. The van der Waals surface area contributed by atoms with Gasteiger partial charge in [0, 0.05) is 0 Å². The van der Waals surface area contributed by atoms with E-state index < -0.39 is 0 Å². The Balaban J connectivity index is 1.31. The third-order valence-corrected chi connectivity index (χ3v) is 7.03. The molecule has 3 aromatic carbocycles. The van der Waals surface area contributed by atoms with Gasteiger partial charge in [0.15, 0.2) is 0 Å². The normalized spacial score (nSPS) is 26.3. The number of rotatable bonds is 10. The molecular formula is C28H30O5S. The van der Waals surface area contributed by atoms with Crippen LogP contribution in [0.1, 0.15) is 16.7 Å². The molecule has 0 radical (unpaired) electrons. The predicted octanol–water partition coefficient (Wildman–Crippen LogP) is 5.19. The summed E-state index contributed by atoms with van der Waals surface area (Å²) in [7, 11) is 0. The lowest BCUT2D eigenvalue weighted by Crippen LogP contribution is -2.58. The summed E-state index contributed by atoms with van der Waals surface area (Å²) in [4.78, 5) is 0. The Morgan fingerprint density at radius 2 is 1.21 bits per heavy atom. The molecule has 0 saturated carbocycles. The Hall–Kier alpha value is -2.19. The second-order valence-corrected chi connectivity index (χ2v) is 9.52. The lowest BCUT2D eigenvalue weighted by molar-refractivity contribution is -0.243. The van der Waals surface area contributed by atoms with Crippen molar-refractivity contribution >= 4 is 11.8 Å². The molecule has 5 atom stereocenters. The number of hydrogen-bond donors (Lipinski definition) is 0. The third kappa shape index (κ3) is 6.08.